The molecule has 0 bridgehead atoms. The van der Waals surface area contributed by atoms with Crippen LogP contribution in [-0.4, -0.2) is 21.5 Å². The number of H-pyrrole nitrogens is 1. The van der Waals surface area contributed by atoms with Crippen molar-refractivity contribution in [2.75, 3.05) is 0 Å². The van der Waals surface area contributed by atoms with Gasteiger partial charge in [-0.1, -0.05) is 0 Å². The monoisotopic (exact) mass is 180 g/mol. The molecule has 1 N–H and O–H groups in total. The maximum atomic E-state index is 10.9. The van der Waals surface area contributed by atoms with Crippen molar-refractivity contribution >= 4 is 11.6 Å². The summed E-state index contributed by atoms with van der Waals surface area (Å²) in [4.78, 5) is 38.2. The molecular weight excluding hydrogens is 172 g/mol. The summed E-state index contributed by atoms with van der Waals surface area (Å²) in [6.45, 7) is 2.58. The lowest BCUT2D eigenvalue weighted by atomic mass is 10.2. The Morgan fingerprint density at radius 2 is 1.92 bits per heavy atom. The lowest BCUT2D eigenvalue weighted by molar-refractivity contribution is 0.101. The van der Waals surface area contributed by atoms with Crippen LogP contribution in [0, 0.1) is 0 Å². The summed E-state index contributed by atoms with van der Waals surface area (Å²) >= 11 is 0. The Morgan fingerprint density at radius 1 is 1.31 bits per heavy atom. The van der Waals surface area contributed by atoms with E-state index in [0.717, 1.165) is 0 Å². The summed E-state index contributed by atoms with van der Waals surface area (Å²) in [5.41, 5.74) is -0.572. The normalized spacial score (nSPS) is 9.69. The fourth-order valence-electron chi connectivity index (χ4n) is 0.828. The van der Waals surface area contributed by atoms with Crippen molar-refractivity contribution in [3.8, 4) is 0 Å². The molecule has 1 rings (SSSR count). The highest BCUT2D eigenvalue weighted by Crippen LogP contribution is 1.97. The van der Waals surface area contributed by atoms with Gasteiger partial charge in [-0.3, -0.25) is 9.59 Å². The Hall–Kier alpha value is -1.78. The third kappa shape index (κ3) is 2.08. The second kappa shape index (κ2) is 3.30. The molecule has 0 unspecified atom stereocenters. The maximum Gasteiger partial charge on any atom is 0.346 e. The average Bonchev–Trinajstić information content (AvgIpc) is 2.03. The Bertz CT molecular complexity index is 384. The van der Waals surface area contributed by atoms with Crippen LogP contribution in [0.5, 0.6) is 0 Å². The van der Waals surface area contributed by atoms with E-state index in [2.05, 4.69) is 9.97 Å². The van der Waals surface area contributed by atoms with Crippen molar-refractivity contribution in [1.29, 1.82) is 0 Å². The predicted molar refractivity (Wildman–Crippen MR) is 44.9 cm³/mol. The summed E-state index contributed by atoms with van der Waals surface area (Å²) in [6, 6.07) is 1.27. The molecule has 5 heteroatoms. The number of aromatic amines is 1. The smallest absolute Gasteiger partial charge is 0.303 e. The Morgan fingerprint density at radius 3 is 2.38 bits per heavy atom. The number of rotatable bonds is 2. The third-order valence-corrected chi connectivity index (χ3v) is 1.48. The van der Waals surface area contributed by atoms with Crippen LogP contribution in [0.1, 0.15) is 34.8 Å². The summed E-state index contributed by atoms with van der Waals surface area (Å²) in [5, 5.41) is 0. The molecule has 5 nitrogen and oxygen atoms in total. The molecule has 68 valence electrons. The zero-order valence-corrected chi connectivity index (χ0v) is 7.25. The van der Waals surface area contributed by atoms with Gasteiger partial charge in [0.05, 0.1) is 5.69 Å². The van der Waals surface area contributed by atoms with E-state index < -0.39 is 5.69 Å². The lowest BCUT2D eigenvalue weighted by Gasteiger charge is -1.96. The molecule has 0 fully saturated rings. The van der Waals surface area contributed by atoms with Gasteiger partial charge >= 0.3 is 5.69 Å². The molecule has 0 aliphatic carbocycles. The van der Waals surface area contributed by atoms with Gasteiger partial charge < -0.3 is 4.98 Å². The van der Waals surface area contributed by atoms with Gasteiger partial charge in [0.2, 0.25) is 0 Å². The van der Waals surface area contributed by atoms with E-state index in [1.54, 1.807) is 0 Å². The van der Waals surface area contributed by atoms with E-state index in [1.165, 1.54) is 19.9 Å². The number of hydrogen-bond donors (Lipinski definition) is 1. The number of hydrogen-bond acceptors (Lipinski definition) is 4. The van der Waals surface area contributed by atoms with Crippen LogP contribution in [-0.2, 0) is 0 Å². The van der Waals surface area contributed by atoms with E-state index >= 15 is 0 Å². The number of nitrogens with zero attached hydrogens (tertiary/aromatic N) is 1. The highest BCUT2D eigenvalue weighted by Gasteiger charge is 2.07. The Balaban J connectivity index is 3.35. The molecule has 0 amide bonds. The first-order chi connectivity index (χ1) is 6.00. The van der Waals surface area contributed by atoms with Gasteiger partial charge in [-0.15, -0.1) is 0 Å². The standard InChI is InChI=1S/C8H8N2O3/c1-4(11)6-3-7(5(2)12)10-8(13)9-6/h3H,1-2H3,(H,9,10,13). The lowest BCUT2D eigenvalue weighted by Crippen LogP contribution is -2.18. The molecule has 13 heavy (non-hydrogen) atoms. The van der Waals surface area contributed by atoms with Gasteiger partial charge in [-0.2, -0.15) is 4.98 Å². The number of Topliss-reactive ketones (excluding diaryl/α,β-unsaturated/α-hetero) is 2. The Kier molecular flexibility index (Phi) is 2.36. The van der Waals surface area contributed by atoms with Crippen molar-refractivity contribution in [3.05, 3.63) is 27.9 Å². The van der Waals surface area contributed by atoms with Crippen LogP contribution in [0.2, 0.25) is 0 Å². The van der Waals surface area contributed by atoms with Gasteiger partial charge in [0, 0.05) is 13.8 Å². The van der Waals surface area contributed by atoms with Crippen molar-refractivity contribution in [2.24, 2.45) is 0 Å². The summed E-state index contributed by atoms with van der Waals surface area (Å²) in [6.07, 6.45) is 0. The van der Waals surface area contributed by atoms with E-state index in [1.807, 2.05) is 0 Å². The van der Waals surface area contributed by atoms with Crippen LogP contribution in [0.3, 0.4) is 0 Å². The molecule has 1 aromatic heterocycles. The number of carbonyl (C=O) groups is 2. The quantitative estimate of drug-likeness (QED) is 0.658. The van der Waals surface area contributed by atoms with Crippen molar-refractivity contribution < 1.29 is 9.59 Å². The van der Waals surface area contributed by atoms with Gasteiger partial charge in [-0.05, 0) is 6.07 Å². The molecule has 0 radical (unpaired) electrons. The largest absolute Gasteiger partial charge is 0.346 e. The van der Waals surface area contributed by atoms with Crippen molar-refractivity contribution in [2.45, 2.75) is 13.8 Å². The molecule has 0 saturated heterocycles. The molecule has 0 atom stereocenters. The number of nitrogens with one attached hydrogen (secondary N) is 1. The minimum absolute atomic E-state index is 0.00829. The fourth-order valence-corrected chi connectivity index (χ4v) is 0.828. The first-order valence-electron chi connectivity index (χ1n) is 3.64. The third-order valence-electron chi connectivity index (χ3n) is 1.48. The van der Waals surface area contributed by atoms with Crippen molar-refractivity contribution in [3.63, 3.8) is 0 Å². The molecule has 0 saturated carbocycles. The molecular formula is C8H8N2O3. The van der Waals surface area contributed by atoms with Gasteiger partial charge in [-0.25, -0.2) is 4.79 Å². The van der Waals surface area contributed by atoms with E-state index in [4.69, 9.17) is 0 Å². The first kappa shape index (κ1) is 9.31. The summed E-state index contributed by atoms with van der Waals surface area (Å²) in [5.74, 6) is -0.643. The van der Waals surface area contributed by atoms with Gasteiger partial charge in [0.25, 0.3) is 0 Å². The molecule has 0 aliphatic rings. The van der Waals surface area contributed by atoms with Crippen LogP contribution in [0.25, 0.3) is 0 Å². The summed E-state index contributed by atoms with van der Waals surface area (Å²) < 4.78 is 0. The highest BCUT2D eigenvalue weighted by molar-refractivity contribution is 5.96. The van der Waals surface area contributed by atoms with Crippen LogP contribution >= 0.6 is 0 Å². The number of aromatic nitrogens is 2. The molecule has 1 heterocycles. The average molecular weight is 180 g/mol. The van der Waals surface area contributed by atoms with E-state index in [-0.39, 0.29) is 23.0 Å². The van der Waals surface area contributed by atoms with Crippen LogP contribution < -0.4 is 5.69 Å². The highest BCUT2D eigenvalue weighted by atomic mass is 16.1. The van der Waals surface area contributed by atoms with Gasteiger partial charge in [0.1, 0.15) is 5.69 Å². The zero-order chi connectivity index (χ0) is 10.0. The SMILES string of the molecule is CC(=O)c1cc(C(C)=O)[nH]c(=O)n1. The predicted octanol–water partition coefficient (Wildman–Crippen LogP) is 0.175. The maximum absolute atomic E-state index is 10.9. The Labute approximate surface area is 73.8 Å². The minimum atomic E-state index is -0.682. The molecule has 1 aromatic rings. The van der Waals surface area contributed by atoms with Gasteiger partial charge in [0.15, 0.2) is 11.6 Å². The van der Waals surface area contributed by atoms with Crippen molar-refractivity contribution in [1.82, 2.24) is 9.97 Å². The van der Waals surface area contributed by atoms with Crippen LogP contribution in [0.15, 0.2) is 10.9 Å². The first-order valence-corrected chi connectivity index (χ1v) is 3.64. The second-order valence-electron chi connectivity index (χ2n) is 2.60. The van der Waals surface area contributed by atoms with Crippen LogP contribution in [0.4, 0.5) is 0 Å². The van der Waals surface area contributed by atoms with E-state index in [9.17, 15) is 14.4 Å². The number of carbonyl (C=O) groups excluding carboxylic acids is 2. The second-order valence-corrected chi connectivity index (χ2v) is 2.60. The topological polar surface area (TPSA) is 79.9 Å². The number of ketones is 2. The van der Waals surface area contributed by atoms with E-state index in [0.29, 0.717) is 0 Å². The zero-order valence-electron chi connectivity index (χ0n) is 7.25. The molecule has 0 aromatic carbocycles. The fraction of sp³-hybridized carbons (Fsp3) is 0.250. The minimum Gasteiger partial charge on any atom is -0.303 e. The summed E-state index contributed by atoms with van der Waals surface area (Å²) in [7, 11) is 0. The molecule has 0 aliphatic heterocycles. The molecule has 0 spiro atoms.